The molecule has 2 rings (SSSR count). The third-order valence-electron chi connectivity index (χ3n) is 3.30. The first-order valence-electron chi connectivity index (χ1n) is 6.20. The Morgan fingerprint density at radius 1 is 1.42 bits per heavy atom. The van der Waals surface area contributed by atoms with Gasteiger partial charge in [-0.3, -0.25) is 9.78 Å². The maximum Gasteiger partial charge on any atom is 0.407 e. The van der Waals surface area contributed by atoms with E-state index in [1.807, 2.05) is 13.8 Å². The average molecular weight is 263 g/mol. The highest BCUT2D eigenvalue weighted by Crippen LogP contribution is 2.13. The van der Waals surface area contributed by atoms with E-state index in [0.717, 1.165) is 5.69 Å². The highest BCUT2D eigenvalue weighted by Gasteiger charge is 2.29. The molecule has 1 N–H and O–H groups in total. The van der Waals surface area contributed by atoms with Gasteiger partial charge in [0, 0.05) is 43.1 Å². The van der Waals surface area contributed by atoms with Crippen LogP contribution in [0.2, 0.25) is 0 Å². The lowest BCUT2D eigenvalue weighted by atomic mass is 10.1. The number of rotatable bonds is 1. The number of nitrogens with zero attached hydrogens (tertiary/aromatic N) is 3. The van der Waals surface area contributed by atoms with Gasteiger partial charge >= 0.3 is 6.09 Å². The van der Waals surface area contributed by atoms with Crippen LogP contribution in [0.15, 0.2) is 18.3 Å². The van der Waals surface area contributed by atoms with E-state index in [0.29, 0.717) is 25.2 Å². The Kier molecular flexibility index (Phi) is 3.69. The number of piperazine rings is 1. The summed E-state index contributed by atoms with van der Waals surface area (Å²) in [7, 11) is 0. The summed E-state index contributed by atoms with van der Waals surface area (Å²) in [4.78, 5) is 30.4. The van der Waals surface area contributed by atoms with Crippen LogP contribution in [0.5, 0.6) is 0 Å². The SMILES string of the molecule is Cc1cc(C(=O)N2CCN(C(=O)O)C(C)C2)ccn1. The summed E-state index contributed by atoms with van der Waals surface area (Å²) in [6.07, 6.45) is 0.679. The molecule has 19 heavy (non-hydrogen) atoms. The van der Waals surface area contributed by atoms with Crippen molar-refractivity contribution < 1.29 is 14.7 Å². The monoisotopic (exact) mass is 263 g/mol. The summed E-state index contributed by atoms with van der Waals surface area (Å²) in [6, 6.07) is 3.25. The lowest BCUT2D eigenvalue weighted by molar-refractivity contribution is 0.0506. The summed E-state index contributed by atoms with van der Waals surface area (Å²) in [6.45, 7) is 4.85. The van der Waals surface area contributed by atoms with Gasteiger partial charge in [0.1, 0.15) is 0 Å². The zero-order valence-corrected chi connectivity index (χ0v) is 11.0. The number of aryl methyl sites for hydroxylation is 1. The number of aromatic nitrogens is 1. The molecule has 2 amide bonds. The van der Waals surface area contributed by atoms with Crippen LogP contribution < -0.4 is 0 Å². The van der Waals surface area contributed by atoms with Gasteiger partial charge in [-0.05, 0) is 26.0 Å². The highest BCUT2D eigenvalue weighted by atomic mass is 16.4. The Labute approximate surface area is 111 Å². The molecule has 0 aromatic carbocycles. The Morgan fingerprint density at radius 2 is 2.16 bits per heavy atom. The second-order valence-corrected chi connectivity index (χ2v) is 4.76. The van der Waals surface area contributed by atoms with Gasteiger partial charge < -0.3 is 14.9 Å². The van der Waals surface area contributed by atoms with Gasteiger partial charge in [0.05, 0.1) is 0 Å². The van der Waals surface area contributed by atoms with Crippen molar-refractivity contribution in [2.24, 2.45) is 0 Å². The van der Waals surface area contributed by atoms with Crippen molar-refractivity contribution in [1.29, 1.82) is 0 Å². The number of pyridine rings is 1. The lowest BCUT2D eigenvalue weighted by Gasteiger charge is -2.38. The minimum Gasteiger partial charge on any atom is -0.465 e. The van der Waals surface area contributed by atoms with Crippen LogP contribution in [0.25, 0.3) is 0 Å². The standard InChI is InChI=1S/C13H17N3O3/c1-9-7-11(3-4-14-9)12(17)15-5-6-16(13(18)19)10(2)8-15/h3-4,7,10H,5-6,8H2,1-2H3,(H,18,19). The molecular weight excluding hydrogens is 246 g/mol. The number of carbonyl (C=O) groups excluding carboxylic acids is 1. The smallest absolute Gasteiger partial charge is 0.407 e. The first-order chi connectivity index (χ1) is 8.99. The maximum absolute atomic E-state index is 12.3. The largest absolute Gasteiger partial charge is 0.465 e. The number of carbonyl (C=O) groups is 2. The highest BCUT2D eigenvalue weighted by molar-refractivity contribution is 5.94. The molecule has 0 aliphatic carbocycles. The Morgan fingerprint density at radius 3 is 2.74 bits per heavy atom. The third kappa shape index (κ3) is 2.83. The van der Waals surface area contributed by atoms with Gasteiger partial charge in [-0.2, -0.15) is 0 Å². The molecule has 2 heterocycles. The van der Waals surface area contributed by atoms with E-state index in [1.165, 1.54) is 4.90 Å². The van der Waals surface area contributed by atoms with Gasteiger partial charge in [0.25, 0.3) is 5.91 Å². The van der Waals surface area contributed by atoms with Gasteiger partial charge in [-0.15, -0.1) is 0 Å². The number of hydrogen-bond donors (Lipinski definition) is 1. The van der Waals surface area contributed by atoms with Crippen molar-refractivity contribution >= 4 is 12.0 Å². The van der Waals surface area contributed by atoms with Crippen molar-refractivity contribution in [3.8, 4) is 0 Å². The molecular formula is C13H17N3O3. The van der Waals surface area contributed by atoms with E-state index < -0.39 is 6.09 Å². The van der Waals surface area contributed by atoms with E-state index in [1.54, 1.807) is 23.2 Å². The average Bonchev–Trinajstić information content (AvgIpc) is 2.37. The summed E-state index contributed by atoms with van der Waals surface area (Å²) in [5.74, 6) is -0.0672. The minimum absolute atomic E-state index is 0.0672. The third-order valence-corrected chi connectivity index (χ3v) is 3.30. The topological polar surface area (TPSA) is 73.7 Å². The van der Waals surface area contributed by atoms with Crippen molar-refractivity contribution in [1.82, 2.24) is 14.8 Å². The van der Waals surface area contributed by atoms with Gasteiger partial charge in [0.15, 0.2) is 0 Å². The van der Waals surface area contributed by atoms with Crippen molar-refractivity contribution in [3.63, 3.8) is 0 Å². The molecule has 0 spiro atoms. The number of carboxylic acid groups (broad SMARTS) is 1. The fourth-order valence-electron chi connectivity index (χ4n) is 2.29. The van der Waals surface area contributed by atoms with Crippen molar-refractivity contribution in [2.75, 3.05) is 19.6 Å². The zero-order valence-electron chi connectivity index (χ0n) is 11.0. The normalized spacial score (nSPS) is 19.4. The van der Waals surface area contributed by atoms with E-state index in [4.69, 9.17) is 5.11 Å². The molecule has 1 atom stereocenters. The Bertz CT molecular complexity index is 504. The fraction of sp³-hybridized carbons (Fsp3) is 0.462. The first-order valence-corrected chi connectivity index (χ1v) is 6.20. The van der Waals surface area contributed by atoms with Crippen molar-refractivity contribution in [3.05, 3.63) is 29.6 Å². The molecule has 1 aliphatic heterocycles. The van der Waals surface area contributed by atoms with Crippen LogP contribution in [-0.2, 0) is 0 Å². The number of hydrogen-bond acceptors (Lipinski definition) is 3. The molecule has 1 aromatic rings. The molecule has 0 radical (unpaired) electrons. The zero-order chi connectivity index (χ0) is 14.0. The summed E-state index contributed by atoms with van der Waals surface area (Å²) in [5.41, 5.74) is 1.39. The van der Waals surface area contributed by atoms with Gasteiger partial charge in [0.2, 0.25) is 0 Å². The fourth-order valence-corrected chi connectivity index (χ4v) is 2.29. The van der Waals surface area contributed by atoms with Gasteiger partial charge in [-0.25, -0.2) is 4.79 Å². The quantitative estimate of drug-likeness (QED) is 0.826. The lowest BCUT2D eigenvalue weighted by Crippen LogP contribution is -2.55. The first kappa shape index (κ1) is 13.3. The predicted molar refractivity (Wildman–Crippen MR) is 69.1 cm³/mol. The molecule has 1 unspecified atom stereocenters. The van der Waals surface area contributed by atoms with E-state index in [9.17, 15) is 9.59 Å². The molecule has 0 bridgehead atoms. The summed E-state index contributed by atoms with van der Waals surface area (Å²) in [5, 5.41) is 9.00. The molecule has 1 aromatic heterocycles. The summed E-state index contributed by atoms with van der Waals surface area (Å²) >= 11 is 0. The Balaban J connectivity index is 2.08. The molecule has 1 fully saturated rings. The minimum atomic E-state index is -0.931. The molecule has 6 nitrogen and oxygen atoms in total. The molecule has 0 saturated carbocycles. The molecule has 6 heteroatoms. The van der Waals surface area contributed by atoms with Crippen LogP contribution in [0.4, 0.5) is 4.79 Å². The molecule has 1 saturated heterocycles. The Hall–Kier alpha value is -2.11. The van der Waals surface area contributed by atoms with Crippen LogP contribution in [0.1, 0.15) is 23.0 Å². The van der Waals surface area contributed by atoms with Crippen LogP contribution in [-0.4, -0.2) is 57.6 Å². The molecule has 1 aliphatic rings. The second-order valence-electron chi connectivity index (χ2n) is 4.76. The van der Waals surface area contributed by atoms with Crippen LogP contribution >= 0.6 is 0 Å². The van der Waals surface area contributed by atoms with E-state index in [-0.39, 0.29) is 11.9 Å². The van der Waals surface area contributed by atoms with Crippen molar-refractivity contribution in [2.45, 2.75) is 19.9 Å². The molecule has 102 valence electrons. The predicted octanol–water partition coefficient (Wildman–Crippen LogP) is 1.21. The maximum atomic E-state index is 12.3. The summed E-state index contributed by atoms with van der Waals surface area (Å²) < 4.78 is 0. The second kappa shape index (κ2) is 5.26. The number of amides is 2. The van der Waals surface area contributed by atoms with E-state index >= 15 is 0 Å². The van der Waals surface area contributed by atoms with Gasteiger partial charge in [-0.1, -0.05) is 0 Å². The van der Waals surface area contributed by atoms with Crippen LogP contribution in [0, 0.1) is 6.92 Å². The van der Waals surface area contributed by atoms with E-state index in [2.05, 4.69) is 4.98 Å². The van der Waals surface area contributed by atoms with Crippen LogP contribution in [0.3, 0.4) is 0 Å².